The molecule has 0 bridgehead atoms. The second-order valence-electron chi connectivity index (χ2n) is 5.97. The number of hydrogen-bond donors (Lipinski definition) is 1. The molecule has 2 N–H and O–H groups in total. The largest absolute Gasteiger partial charge is 0.489 e. The van der Waals surface area contributed by atoms with Gasteiger partial charge in [-0.05, 0) is 31.9 Å². The summed E-state index contributed by atoms with van der Waals surface area (Å²) in [6, 6.07) is 3.47. The van der Waals surface area contributed by atoms with Crippen LogP contribution < -0.4 is 10.5 Å². The zero-order valence-corrected chi connectivity index (χ0v) is 12.5. The third kappa shape index (κ3) is 2.26. The highest BCUT2D eigenvalue weighted by molar-refractivity contribution is 5.49. The van der Waals surface area contributed by atoms with E-state index in [9.17, 15) is 10.1 Å². The van der Waals surface area contributed by atoms with Gasteiger partial charge in [0.05, 0.1) is 11.0 Å². The van der Waals surface area contributed by atoms with Crippen LogP contribution in [0.2, 0.25) is 0 Å². The summed E-state index contributed by atoms with van der Waals surface area (Å²) in [5.74, 6) is 0.596. The number of aryl methyl sites for hydroxylation is 2. The Bertz CT molecular complexity index is 544. The van der Waals surface area contributed by atoms with Gasteiger partial charge >= 0.3 is 0 Å². The average molecular weight is 278 g/mol. The van der Waals surface area contributed by atoms with E-state index < -0.39 is 0 Å². The molecule has 1 aliphatic rings. The number of ether oxygens (including phenoxy) is 1. The van der Waals surface area contributed by atoms with E-state index in [0.29, 0.717) is 11.3 Å². The molecule has 0 heterocycles. The van der Waals surface area contributed by atoms with Gasteiger partial charge in [0.15, 0.2) is 0 Å². The second-order valence-corrected chi connectivity index (χ2v) is 5.97. The van der Waals surface area contributed by atoms with E-state index in [1.54, 1.807) is 13.0 Å². The van der Waals surface area contributed by atoms with Crippen molar-refractivity contribution in [1.82, 2.24) is 0 Å². The summed E-state index contributed by atoms with van der Waals surface area (Å²) in [6.45, 7) is 7.86. The average Bonchev–Trinajstić information content (AvgIpc) is 2.39. The smallest absolute Gasteiger partial charge is 0.276 e. The predicted molar refractivity (Wildman–Crippen MR) is 78.0 cm³/mol. The van der Waals surface area contributed by atoms with Gasteiger partial charge in [-0.15, -0.1) is 0 Å². The molecule has 20 heavy (non-hydrogen) atoms. The van der Waals surface area contributed by atoms with Crippen LogP contribution in [0.3, 0.4) is 0 Å². The van der Waals surface area contributed by atoms with Crippen LogP contribution in [0.5, 0.6) is 5.75 Å². The number of nitrogens with two attached hydrogens (primary N) is 1. The zero-order chi connectivity index (χ0) is 15.1. The first-order valence-corrected chi connectivity index (χ1v) is 6.97. The van der Waals surface area contributed by atoms with E-state index in [4.69, 9.17) is 10.5 Å². The fraction of sp³-hybridized carbons (Fsp3) is 0.600. The quantitative estimate of drug-likeness (QED) is 0.678. The van der Waals surface area contributed by atoms with Crippen molar-refractivity contribution in [2.45, 2.75) is 52.7 Å². The Morgan fingerprint density at radius 1 is 1.45 bits per heavy atom. The van der Waals surface area contributed by atoms with Crippen molar-refractivity contribution in [3.8, 4) is 5.75 Å². The maximum absolute atomic E-state index is 11.0. The summed E-state index contributed by atoms with van der Waals surface area (Å²) in [5, 5.41) is 11.0. The molecule has 0 amide bonds. The van der Waals surface area contributed by atoms with Crippen LogP contribution >= 0.6 is 0 Å². The van der Waals surface area contributed by atoms with Crippen LogP contribution in [0, 0.1) is 29.4 Å². The fourth-order valence-electron chi connectivity index (χ4n) is 2.82. The highest BCUT2D eigenvalue weighted by atomic mass is 16.6. The molecule has 110 valence electrons. The number of nitrogens with zero attached hydrogens (tertiary/aromatic N) is 1. The monoisotopic (exact) mass is 278 g/mol. The van der Waals surface area contributed by atoms with Gasteiger partial charge in [0.2, 0.25) is 0 Å². The van der Waals surface area contributed by atoms with Gasteiger partial charge in [-0.2, -0.15) is 0 Å². The summed E-state index contributed by atoms with van der Waals surface area (Å²) in [5.41, 5.74) is 7.70. The minimum atomic E-state index is -0.368. The molecule has 2 rings (SSSR count). The molecule has 0 radical (unpaired) electrons. The first-order chi connectivity index (χ1) is 9.29. The lowest BCUT2D eigenvalue weighted by Crippen LogP contribution is -2.61. The molecular weight excluding hydrogens is 256 g/mol. The van der Waals surface area contributed by atoms with Crippen molar-refractivity contribution in [2.24, 2.45) is 11.1 Å². The summed E-state index contributed by atoms with van der Waals surface area (Å²) >= 11 is 0. The van der Waals surface area contributed by atoms with Crippen LogP contribution in [0.1, 0.15) is 37.8 Å². The van der Waals surface area contributed by atoms with Gasteiger partial charge < -0.3 is 10.5 Å². The fourth-order valence-corrected chi connectivity index (χ4v) is 2.82. The van der Waals surface area contributed by atoms with Crippen molar-refractivity contribution < 1.29 is 9.66 Å². The van der Waals surface area contributed by atoms with E-state index in [0.717, 1.165) is 18.4 Å². The van der Waals surface area contributed by atoms with Gasteiger partial charge in [-0.25, -0.2) is 0 Å². The molecule has 5 heteroatoms. The van der Waals surface area contributed by atoms with Gasteiger partial charge in [-0.3, -0.25) is 10.1 Å². The summed E-state index contributed by atoms with van der Waals surface area (Å²) in [6.07, 6.45) is 1.76. The highest BCUT2D eigenvalue weighted by Crippen LogP contribution is 2.45. The van der Waals surface area contributed by atoms with Crippen molar-refractivity contribution in [1.29, 1.82) is 0 Å². The third-order valence-corrected chi connectivity index (χ3v) is 4.77. The lowest BCUT2D eigenvalue weighted by molar-refractivity contribution is -0.385. The molecule has 1 fully saturated rings. The Morgan fingerprint density at radius 2 is 2.10 bits per heavy atom. The molecule has 1 saturated carbocycles. The standard InChI is InChI=1S/C15H22N2O3/c1-5-15(4)13(16)8-14(15)20-12-7-11(17(18)19)9(2)6-10(12)3/h6-7,13-14H,5,8,16H2,1-4H3. The summed E-state index contributed by atoms with van der Waals surface area (Å²) in [7, 11) is 0. The Balaban J connectivity index is 2.26. The number of benzene rings is 1. The molecule has 0 saturated heterocycles. The number of nitro benzene ring substituents is 1. The van der Waals surface area contributed by atoms with Crippen LogP contribution in [0.15, 0.2) is 12.1 Å². The molecule has 1 aromatic carbocycles. The minimum absolute atomic E-state index is 0.0310. The predicted octanol–water partition coefficient (Wildman–Crippen LogP) is 3.11. The molecule has 0 aromatic heterocycles. The van der Waals surface area contributed by atoms with Gasteiger partial charge in [0.25, 0.3) is 5.69 Å². The summed E-state index contributed by atoms with van der Waals surface area (Å²) in [4.78, 5) is 10.7. The van der Waals surface area contributed by atoms with Crippen molar-refractivity contribution in [2.75, 3.05) is 0 Å². The van der Waals surface area contributed by atoms with Crippen molar-refractivity contribution in [3.05, 3.63) is 33.4 Å². The van der Waals surface area contributed by atoms with E-state index in [-0.39, 0.29) is 28.2 Å². The Morgan fingerprint density at radius 3 is 2.60 bits per heavy atom. The van der Waals surface area contributed by atoms with E-state index in [2.05, 4.69) is 13.8 Å². The maximum Gasteiger partial charge on any atom is 0.276 e. The lowest BCUT2D eigenvalue weighted by atomic mass is 9.62. The van der Waals surface area contributed by atoms with E-state index in [1.807, 2.05) is 6.92 Å². The topological polar surface area (TPSA) is 78.4 Å². The first kappa shape index (κ1) is 14.8. The van der Waals surface area contributed by atoms with Crippen LogP contribution in [0.4, 0.5) is 5.69 Å². The SMILES string of the molecule is CCC1(C)C(N)CC1Oc1cc([N+](=O)[O-])c(C)cc1C. The molecule has 0 spiro atoms. The van der Waals surface area contributed by atoms with E-state index >= 15 is 0 Å². The molecular formula is C15H22N2O3. The van der Waals surface area contributed by atoms with Gasteiger partial charge in [0, 0.05) is 23.4 Å². The molecule has 5 nitrogen and oxygen atoms in total. The molecule has 0 aliphatic heterocycles. The zero-order valence-electron chi connectivity index (χ0n) is 12.5. The van der Waals surface area contributed by atoms with Crippen LogP contribution in [-0.4, -0.2) is 17.1 Å². The highest BCUT2D eigenvalue weighted by Gasteiger charge is 2.50. The lowest BCUT2D eigenvalue weighted by Gasteiger charge is -2.51. The molecule has 1 aliphatic carbocycles. The number of hydrogen-bond acceptors (Lipinski definition) is 4. The Labute approximate surface area is 119 Å². The van der Waals surface area contributed by atoms with Crippen molar-refractivity contribution in [3.63, 3.8) is 0 Å². The van der Waals surface area contributed by atoms with Gasteiger partial charge in [-0.1, -0.05) is 13.8 Å². The first-order valence-electron chi connectivity index (χ1n) is 6.97. The minimum Gasteiger partial charge on any atom is -0.489 e. The van der Waals surface area contributed by atoms with Crippen LogP contribution in [-0.2, 0) is 0 Å². The van der Waals surface area contributed by atoms with Crippen molar-refractivity contribution >= 4 is 5.69 Å². The molecule has 1 aromatic rings. The molecule has 3 atom stereocenters. The van der Waals surface area contributed by atoms with Crippen LogP contribution in [0.25, 0.3) is 0 Å². The third-order valence-electron chi connectivity index (χ3n) is 4.77. The second kappa shape index (κ2) is 5.05. The van der Waals surface area contributed by atoms with Gasteiger partial charge in [0.1, 0.15) is 11.9 Å². The Hall–Kier alpha value is -1.62. The maximum atomic E-state index is 11.0. The molecule has 3 unspecified atom stereocenters. The Kier molecular flexibility index (Phi) is 3.73. The normalized spacial score (nSPS) is 28.9. The van der Waals surface area contributed by atoms with E-state index in [1.165, 1.54) is 6.07 Å². The number of nitro groups is 1. The number of rotatable bonds is 4. The summed E-state index contributed by atoms with van der Waals surface area (Å²) < 4.78 is 6.02.